The van der Waals surface area contributed by atoms with Crippen molar-refractivity contribution in [3.05, 3.63) is 52.3 Å². The average molecular weight is 408 g/mol. The highest BCUT2D eigenvalue weighted by Gasteiger charge is 2.26. The van der Waals surface area contributed by atoms with E-state index in [1.54, 1.807) is 42.5 Å². The normalized spacial score (nSPS) is 18.1. The van der Waals surface area contributed by atoms with Gasteiger partial charge in [-0.3, -0.25) is 0 Å². The summed E-state index contributed by atoms with van der Waals surface area (Å²) in [6.45, 7) is 3.53. The van der Waals surface area contributed by atoms with Crippen LogP contribution in [0.1, 0.15) is 31.4 Å². The summed E-state index contributed by atoms with van der Waals surface area (Å²) in [6.07, 6.45) is 5.37. The fraction of sp³-hybridized carbons (Fsp3) is 0.421. The number of nitrogens with zero attached hydrogens (tertiary/aromatic N) is 4. The quantitative estimate of drug-likeness (QED) is 0.826. The van der Waals surface area contributed by atoms with Crippen molar-refractivity contribution in [1.82, 2.24) is 20.2 Å². The van der Waals surface area contributed by atoms with Crippen molar-refractivity contribution in [2.75, 3.05) is 25.0 Å². The molecule has 1 aliphatic rings. The van der Waals surface area contributed by atoms with Crippen LogP contribution < -0.4 is 10.2 Å². The van der Waals surface area contributed by atoms with Gasteiger partial charge in [-0.25, -0.2) is 14.8 Å². The van der Waals surface area contributed by atoms with Crippen molar-refractivity contribution >= 4 is 35.2 Å². The van der Waals surface area contributed by atoms with Crippen molar-refractivity contribution < 1.29 is 4.79 Å². The number of carbonyl (C=O) groups is 1. The third-order valence-electron chi connectivity index (χ3n) is 4.90. The molecular weight excluding hydrogens is 385 g/mol. The Hall–Kier alpha value is -2.05. The van der Waals surface area contributed by atoms with E-state index in [0.29, 0.717) is 22.5 Å². The topological polar surface area (TPSA) is 61.4 Å². The fourth-order valence-corrected chi connectivity index (χ4v) is 3.80. The highest BCUT2D eigenvalue weighted by molar-refractivity contribution is 6.35. The van der Waals surface area contributed by atoms with Crippen LogP contribution in [-0.4, -0.2) is 47.1 Å². The first-order valence-electron chi connectivity index (χ1n) is 8.96. The van der Waals surface area contributed by atoms with Crippen LogP contribution in [-0.2, 0) is 0 Å². The molecule has 0 aliphatic carbocycles. The summed E-state index contributed by atoms with van der Waals surface area (Å²) in [5.74, 6) is 0.700. The lowest BCUT2D eigenvalue weighted by Crippen LogP contribution is -2.51. The summed E-state index contributed by atoms with van der Waals surface area (Å²) >= 11 is 12.3. The minimum atomic E-state index is -0.174. The summed E-state index contributed by atoms with van der Waals surface area (Å²) in [5.41, 5.74) is 0.863. The average Bonchev–Trinajstić information content (AvgIpc) is 2.68. The van der Waals surface area contributed by atoms with Gasteiger partial charge in [0, 0.05) is 48.6 Å². The first-order chi connectivity index (χ1) is 13.0. The minimum Gasteiger partial charge on any atom is -0.339 e. The van der Waals surface area contributed by atoms with Crippen molar-refractivity contribution in [2.24, 2.45) is 0 Å². The molecule has 0 saturated carbocycles. The van der Waals surface area contributed by atoms with E-state index < -0.39 is 0 Å². The van der Waals surface area contributed by atoms with Gasteiger partial charge in [-0.05, 0) is 43.5 Å². The van der Waals surface area contributed by atoms with Gasteiger partial charge in [-0.1, -0.05) is 29.3 Å². The zero-order chi connectivity index (χ0) is 19.4. The largest absolute Gasteiger partial charge is 0.339 e. The molecule has 2 aromatic rings. The van der Waals surface area contributed by atoms with Crippen LogP contribution in [0.4, 0.5) is 10.7 Å². The summed E-state index contributed by atoms with van der Waals surface area (Å²) < 4.78 is 0. The molecule has 2 atom stereocenters. The molecule has 0 bridgehead atoms. The molecule has 0 radical (unpaired) electrons. The van der Waals surface area contributed by atoms with Gasteiger partial charge < -0.3 is 15.1 Å². The monoisotopic (exact) mass is 407 g/mol. The maximum Gasteiger partial charge on any atom is 0.317 e. The van der Waals surface area contributed by atoms with Crippen molar-refractivity contribution in [1.29, 1.82) is 0 Å². The molecule has 3 rings (SSSR count). The molecule has 2 heterocycles. The SMILES string of the molecule is CC(c1ccc(Cl)cc1Cl)N(C)C(=O)NC1CCCN(c2ncccn2)C1. The van der Waals surface area contributed by atoms with Crippen LogP contribution in [0.15, 0.2) is 36.7 Å². The van der Waals surface area contributed by atoms with Crippen LogP contribution in [0.3, 0.4) is 0 Å². The molecule has 1 saturated heterocycles. The van der Waals surface area contributed by atoms with Crippen LogP contribution in [0.2, 0.25) is 10.0 Å². The third kappa shape index (κ3) is 4.82. The highest BCUT2D eigenvalue weighted by Crippen LogP contribution is 2.29. The Morgan fingerprint density at radius 3 is 2.78 bits per heavy atom. The number of amides is 2. The lowest BCUT2D eigenvalue weighted by Gasteiger charge is -2.35. The molecule has 2 unspecified atom stereocenters. The smallest absolute Gasteiger partial charge is 0.317 e. The lowest BCUT2D eigenvalue weighted by molar-refractivity contribution is 0.188. The number of piperidine rings is 1. The standard InChI is InChI=1S/C19H23Cl2N5O/c1-13(16-7-6-14(20)11-17(16)21)25(2)19(27)24-15-5-3-10-26(12-15)18-22-8-4-9-23-18/h4,6-9,11,13,15H,3,5,10,12H2,1-2H3,(H,24,27). The summed E-state index contributed by atoms with van der Waals surface area (Å²) in [6, 6.07) is 6.87. The van der Waals surface area contributed by atoms with E-state index in [1.807, 2.05) is 13.0 Å². The summed E-state index contributed by atoms with van der Waals surface area (Å²) in [5, 5.41) is 4.25. The number of rotatable bonds is 4. The Morgan fingerprint density at radius 2 is 2.07 bits per heavy atom. The minimum absolute atomic E-state index is 0.0467. The number of halogens is 2. The number of urea groups is 1. The van der Waals surface area contributed by atoms with Crippen LogP contribution in [0, 0.1) is 0 Å². The lowest BCUT2D eigenvalue weighted by atomic mass is 10.1. The molecule has 1 aliphatic heterocycles. The van der Waals surface area contributed by atoms with Gasteiger partial charge in [-0.15, -0.1) is 0 Å². The number of hydrogen-bond donors (Lipinski definition) is 1. The summed E-state index contributed by atoms with van der Waals surface area (Å²) in [7, 11) is 1.77. The van der Waals surface area contributed by atoms with Gasteiger partial charge in [0.15, 0.2) is 0 Å². The van der Waals surface area contributed by atoms with Gasteiger partial charge in [0.05, 0.1) is 6.04 Å². The summed E-state index contributed by atoms with van der Waals surface area (Å²) in [4.78, 5) is 25.1. The molecular formula is C19H23Cl2N5O. The van der Waals surface area contributed by atoms with Crippen LogP contribution in [0.25, 0.3) is 0 Å². The zero-order valence-corrected chi connectivity index (χ0v) is 16.9. The van der Waals surface area contributed by atoms with E-state index >= 15 is 0 Å². The van der Waals surface area contributed by atoms with Gasteiger partial charge in [0.1, 0.15) is 0 Å². The molecule has 1 aromatic heterocycles. The van der Waals surface area contributed by atoms with Crippen molar-refractivity contribution in [3.63, 3.8) is 0 Å². The Bertz CT molecular complexity index is 789. The predicted molar refractivity (Wildman–Crippen MR) is 108 cm³/mol. The maximum atomic E-state index is 12.7. The van der Waals surface area contributed by atoms with Gasteiger partial charge in [0.2, 0.25) is 5.95 Å². The molecule has 27 heavy (non-hydrogen) atoms. The fourth-order valence-electron chi connectivity index (χ4n) is 3.23. The molecule has 8 heteroatoms. The highest BCUT2D eigenvalue weighted by atomic mass is 35.5. The van der Waals surface area contributed by atoms with Crippen LogP contribution >= 0.6 is 23.2 Å². The number of aromatic nitrogens is 2. The molecule has 1 N–H and O–H groups in total. The number of hydrogen-bond acceptors (Lipinski definition) is 4. The van der Waals surface area contributed by atoms with E-state index in [9.17, 15) is 4.79 Å². The zero-order valence-electron chi connectivity index (χ0n) is 15.4. The molecule has 1 fully saturated rings. The second kappa shape index (κ2) is 8.76. The van der Waals surface area contributed by atoms with E-state index in [0.717, 1.165) is 24.9 Å². The number of nitrogens with one attached hydrogen (secondary N) is 1. The molecule has 144 valence electrons. The van der Waals surface area contributed by atoms with Gasteiger partial charge >= 0.3 is 6.03 Å². The Kier molecular flexibility index (Phi) is 6.39. The number of anilines is 1. The van der Waals surface area contributed by atoms with Crippen molar-refractivity contribution in [2.45, 2.75) is 31.8 Å². The Labute approximate surface area is 169 Å². The van der Waals surface area contributed by atoms with E-state index in [-0.39, 0.29) is 18.1 Å². The number of carbonyl (C=O) groups excluding carboxylic acids is 1. The molecule has 2 amide bonds. The second-order valence-corrected chi connectivity index (χ2v) is 7.58. The Morgan fingerprint density at radius 1 is 1.33 bits per heavy atom. The molecule has 1 aromatic carbocycles. The van der Waals surface area contributed by atoms with E-state index in [1.165, 1.54) is 0 Å². The third-order valence-corrected chi connectivity index (χ3v) is 5.46. The first kappa shape index (κ1) is 19.7. The predicted octanol–water partition coefficient (Wildman–Crippen LogP) is 4.15. The van der Waals surface area contributed by atoms with Crippen LogP contribution in [0.5, 0.6) is 0 Å². The first-order valence-corrected chi connectivity index (χ1v) is 9.71. The molecule has 0 spiro atoms. The maximum absolute atomic E-state index is 12.7. The van der Waals surface area contributed by atoms with Gasteiger partial charge in [-0.2, -0.15) is 0 Å². The van der Waals surface area contributed by atoms with E-state index in [2.05, 4.69) is 20.2 Å². The second-order valence-electron chi connectivity index (χ2n) is 6.74. The molecule has 6 nitrogen and oxygen atoms in total. The van der Waals surface area contributed by atoms with Crippen molar-refractivity contribution in [3.8, 4) is 0 Å². The Balaban J connectivity index is 1.62. The van der Waals surface area contributed by atoms with E-state index in [4.69, 9.17) is 23.2 Å². The van der Waals surface area contributed by atoms with Gasteiger partial charge in [0.25, 0.3) is 0 Å². The number of benzene rings is 1.